The summed E-state index contributed by atoms with van der Waals surface area (Å²) in [5, 5.41) is 3.09. The minimum Gasteiger partial charge on any atom is -0.356 e. The second kappa shape index (κ2) is 5.69. The van der Waals surface area contributed by atoms with Gasteiger partial charge in [0.2, 0.25) is 0 Å². The Hall–Kier alpha value is -2.11. The first-order valence-electron chi connectivity index (χ1n) is 6.39. The van der Waals surface area contributed by atoms with Crippen molar-refractivity contribution in [1.82, 2.24) is 19.5 Å². The van der Waals surface area contributed by atoms with Gasteiger partial charge in [-0.15, -0.1) is 0 Å². The quantitative estimate of drug-likeness (QED) is 0.860. The second-order valence-electron chi connectivity index (χ2n) is 4.97. The van der Waals surface area contributed by atoms with Crippen LogP contribution in [0.25, 0.3) is 0 Å². The van der Waals surface area contributed by atoms with Crippen LogP contribution >= 0.6 is 0 Å². The fourth-order valence-corrected chi connectivity index (χ4v) is 1.87. The molecule has 2 N–H and O–H groups in total. The monoisotopic (exact) mass is 261 g/mol. The van der Waals surface area contributed by atoms with E-state index in [2.05, 4.69) is 34.1 Å². The number of nitrogens with zero attached hydrogens (tertiary/aromatic N) is 3. The van der Waals surface area contributed by atoms with E-state index in [9.17, 15) is 4.79 Å². The highest BCUT2D eigenvalue weighted by Crippen LogP contribution is 2.10. The zero-order valence-corrected chi connectivity index (χ0v) is 11.4. The first-order valence-corrected chi connectivity index (χ1v) is 6.39. The number of hydrogen-bond donors (Lipinski definition) is 2. The van der Waals surface area contributed by atoms with Gasteiger partial charge >= 0.3 is 0 Å². The fourth-order valence-electron chi connectivity index (χ4n) is 1.87. The molecule has 0 aromatic carbocycles. The number of rotatable bonds is 5. The zero-order chi connectivity index (χ0) is 13.8. The molecule has 0 aliphatic carbocycles. The van der Waals surface area contributed by atoms with Gasteiger partial charge in [-0.3, -0.25) is 4.79 Å². The van der Waals surface area contributed by atoms with Crippen LogP contribution in [-0.2, 0) is 6.54 Å². The van der Waals surface area contributed by atoms with E-state index in [-0.39, 0.29) is 11.6 Å². The lowest BCUT2D eigenvalue weighted by Gasteiger charge is -2.14. The Kier molecular flexibility index (Phi) is 3.99. The lowest BCUT2D eigenvalue weighted by molar-refractivity contribution is 0.509. The average Bonchev–Trinajstić information content (AvgIpc) is 2.87. The maximum absolute atomic E-state index is 12.2. The third-order valence-electron chi connectivity index (χ3n) is 2.76. The van der Waals surface area contributed by atoms with Crippen LogP contribution in [0.1, 0.15) is 32.6 Å². The molecule has 0 amide bonds. The molecule has 0 spiro atoms. The first-order chi connectivity index (χ1) is 9.08. The highest BCUT2D eigenvalue weighted by Gasteiger charge is 2.12. The van der Waals surface area contributed by atoms with Gasteiger partial charge in [0.15, 0.2) is 5.82 Å². The Morgan fingerprint density at radius 1 is 1.32 bits per heavy atom. The van der Waals surface area contributed by atoms with Crippen LogP contribution in [0.15, 0.2) is 29.6 Å². The molecular formula is C13H19N5O. The van der Waals surface area contributed by atoms with Crippen molar-refractivity contribution in [1.29, 1.82) is 0 Å². The normalized spacial score (nSPS) is 12.6. The number of hydrogen-bond acceptors (Lipinski definition) is 4. The average molecular weight is 261 g/mol. The van der Waals surface area contributed by atoms with Gasteiger partial charge < -0.3 is 14.9 Å². The minimum absolute atomic E-state index is 0.0925. The molecule has 0 saturated heterocycles. The van der Waals surface area contributed by atoms with E-state index in [1.54, 1.807) is 29.4 Å². The van der Waals surface area contributed by atoms with Crippen LogP contribution in [0.3, 0.4) is 0 Å². The van der Waals surface area contributed by atoms with Gasteiger partial charge in [0.1, 0.15) is 5.82 Å². The van der Waals surface area contributed by atoms with Crippen molar-refractivity contribution in [2.24, 2.45) is 5.92 Å². The molecule has 0 fully saturated rings. The summed E-state index contributed by atoms with van der Waals surface area (Å²) < 4.78 is 1.68. The summed E-state index contributed by atoms with van der Waals surface area (Å²) in [6, 6.07) is -0.0925. The van der Waals surface area contributed by atoms with Crippen LogP contribution in [0.5, 0.6) is 0 Å². The van der Waals surface area contributed by atoms with Crippen LogP contribution in [-0.4, -0.2) is 19.5 Å². The van der Waals surface area contributed by atoms with Crippen molar-refractivity contribution >= 4 is 5.82 Å². The Balaban J connectivity index is 2.19. The molecule has 6 heteroatoms. The predicted octanol–water partition coefficient (Wildman–Crippen LogP) is 1.80. The Morgan fingerprint density at radius 2 is 2.11 bits per heavy atom. The van der Waals surface area contributed by atoms with E-state index in [0.717, 1.165) is 5.82 Å². The molecule has 2 heterocycles. The van der Waals surface area contributed by atoms with Gasteiger partial charge in [0.05, 0.1) is 6.04 Å². The smallest absolute Gasteiger partial charge is 0.293 e. The van der Waals surface area contributed by atoms with Gasteiger partial charge in [0.25, 0.3) is 5.56 Å². The van der Waals surface area contributed by atoms with Crippen molar-refractivity contribution in [2.75, 3.05) is 5.32 Å². The van der Waals surface area contributed by atoms with E-state index in [4.69, 9.17) is 0 Å². The minimum atomic E-state index is -0.102. The predicted molar refractivity (Wildman–Crippen MR) is 74.0 cm³/mol. The summed E-state index contributed by atoms with van der Waals surface area (Å²) in [7, 11) is 0. The highest BCUT2D eigenvalue weighted by atomic mass is 16.1. The van der Waals surface area contributed by atoms with Crippen LogP contribution in [0.4, 0.5) is 5.82 Å². The molecule has 0 bridgehead atoms. The molecule has 2 aromatic rings. The maximum atomic E-state index is 12.2. The van der Waals surface area contributed by atoms with E-state index < -0.39 is 0 Å². The number of nitrogens with one attached hydrogen (secondary N) is 2. The molecule has 2 aromatic heterocycles. The lowest BCUT2D eigenvalue weighted by Crippen LogP contribution is -2.27. The van der Waals surface area contributed by atoms with Crippen molar-refractivity contribution in [2.45, 2.75) is 33.4 Å². The Bertz CT molecular complexity index is 573. The number of aromatic nitrogens is 4. The van der Waals surface area contributed by atoms with Gasteiger partial charge in [0, 0.05) is 31.3 Å². The highest BCUT2D eigenvalue weighted by molar-refractivity contribution is 5.33. The van der Waals surface area contributed by atoms with Crippen LogP contribution < -0.4 is 10.9 Å². The van der Waals surface area contributed by atoms with Crippen molar-refractivity contribution < 1.29 is 0 Å². The summed E-state index contributed by atoms with van der Waals surface area (Å²) >= 11 is 0. The summed E-state index contributed by atoms with van der Waals surface area (Å²) in [5.41, 5.74) is -0.102. The van der Waals surface area contributed by atoms with E-state index in [1.165, 1.54) is 0 Å². The van der Waals surface area contributed by atoms with Crippen molar-refractivity contribution in [3.63, 3.8) is 0 Å². The molecule has 0 radical (unpaired) electrons. The fraction of sp³-hybridized carbons (Fsp3) is 0.462. The molecule has 2 rings (SSSR count). The van der Waals surface area contributed by atoms with Crippen molar-refractivity contribution in [3.05, 3.63) is 41.0 Å². The molecular weight excluding hydrogens is 242 g/mol. The van der Waals surface area contributed by atoms with Gasteiger partial charge in [-0.25, -0.2) is 9.97 Å². The largest absolute Gasteiger partial charge is 0.356 e. The molecule has 0 aliphatic rings. The van der Waals surface area contributed by atoms with Gasteiger partial charge in [-0.05, 0) is 12.8 Å². The first kappa shape index (κ1) is 13.3. The number of imidazole rings is 1. The number of aromatic amines is 1. The molecule has 102 valence electrons. The summed E-state index contributed by atoms with van der Waals surface area (Å²) in [6.45, 7) is 6.77. The molecule has 19 heavy (non-hydrogen) atoms. The van der Waals surface area contributed by atoms with E-state index >= 15 is 0 Å². The second-order valence-corrected chi connectivity index (χ2v) is 4.97. The third-order valence-corrected chi connectivity index (χ3v) is 2.76. The van der Waals surface area contributed by atoms with Gasteiger partial charge in [-0.1, -0.05) is 13.8 Å². The standard InChI is InChI=1S/C13H19N5O/c1-9(2)8-18-7-6-16-12(13(18)19)17-10(3)11-14-4-5-15-11/h4-7,9-10H,8H2,1-3H3,(H,14,15)(H,16,17). The molecule has 0 saturated carbocycles. The molecule has 0 aliphatic heterocycles. The summed E-state index contributed by atoms with van der Waals surface area (Å²) in [5.74, 6) is 1.54. The van der Waals surface area contributed by atoms with E-state index in [0.29, 0.717) is 18.3 Å². The SMILES string of the molecule is CC(C)Cn1ccnc(NC(C)c2ncc[nH]2)c1=O. The summed E-state index contributed by atoms with van der Waals surface area (Å²) in [6.07, 6.45) is 6.79. The third kappa shape index (κ3) is 3.21. The molecule has 1 unspecified atom stereocenters. The van der Waals surface area contributed by atoms with E-state index in [1.807, 2.05) is 6.92 Å². The Labute approximate surface area is 111 Å². The summed E-state index contributed by atoms with van der Waals surface area (Å²) in [4.78, 5) is 23.5. The Morgan fingerprint density at radius 3 is 2.74 bits per heavy atom. The number of anilines is 1. The van der Waals surface area contributed by atoms with Gasteiger partial charge in [-0.2, -0.15) is 0 Å². The maximum Gasteiger partial charge on any atom is 0.293 e. The van der Waals surface area contributed by atoms with Crippen LogP contribution in [0, 0.1) is 5.92 Å². The lowest BCUT2D eigenvalue weighted by atomic mass is 10.2. The molecule has 1 atom stereocenters. The van der Waals surface area contributed by atoms with Crippen LogP contribution in [0.2, 0.25) is 0 Å². The van der Waals surface area contributed by atoms with Crippen molar-refractivity contribution in [3.8, 4) is 0 Å². The zero-order valence-electron chi connectivity index (χ0n) is 11.4. The topological polar surface area (TPSA) is 75.6 Å². The number of H-pyrrole nitrogens is 1. The molecule has 6 nitrogen and oxygen atoms in total.